The van der Waals surface area contributed by atoms with Crippen molar-refractivity contribution in [2.24, 2.45) is 5.92 Å². The molecule has 0 bridgehead atoms. The Hall–Kier alpha value is -2.51. The summed E-state index contributed by atoms with van der Waals surface area (Å²) in [5.41, 5.74) is -1.60. The molecule has 23 heavy (non-hydrogen) atoms. The van der Waals surface area contributed by atoms with Gasteiger partial charge in [0.25, 0.3) is 11.4 Å². The van der Waals surface area contributed by atoms with Gasteiger partial charge in [-0.05, 0) is 38.0 Å². The van der Waals surface area contributed by atoms with Crippen molar-refractivity contribution < 1.29 is 19.4 Å². The fourth-order valence-electron chi connectivity index (χ4n) is 3.57. The molecule has 3 rings (SSSR count). The Morgan fingerprint density at radius 2 is 1.70 bits per heavy atom. The fraction of sp³-hybridized carbons (Fsp3) is 0.533. The van der Waals surface area contributed by atoms with Crippen LogP contribution >= 0.6 is 0 Å². The highest BCUT2D eigenvalue weighted by atomic mass is 16.6. The average molecular weight is 320 g/mol. The van der Waals surface area contributed by atoms with Gasteiger partial charge in [-0.1, -0.05) is 6.42 Å². The summed E-state index contributed by atoms with van der Waals surface area (Å²) >= 11 is 0. The van der Waals surface area contributed by atoms with Gasteiger partial charge in [-0.3, -0.25) is 20.2 Å². The molecule has 0 saturated heterocycles. The van der Waals surface area contributed by atoms with Crippen LogP contribution in [0.2, 0.25) is 0 Å². The molecule has 0 heterocycles. The summed E-state index contributed by atoms with van der Waals surface area (Å²) in [4.78, 5) is 32.7. The molecule has 2 fully saturated rings. The molecule has 8 nitrogen and oxygen atoms in total. The van der Waals surface area contributed by atoms with Gasteiger partial charge in [0, 0.05) is 12.1 Å². The molecule has 2 unspecified atom stereocenters. The summed E-state index contributed by atoms with van der Waals surface area (Å²) in [7, 11) is 0. The number of rotatable bonds is 4. The van der Waals surface area contributed by atoms with E-state index in [2.05, 4.69) is 0 Å². The maximum absolute atomic E-state index is 12.4. The van der Waals surface area contributed by atoms with E-state index in [-0.39, 0.29) is 5.56 Å². The van der Waals surface area contributed by atoms with Gasteiger partial charge in [0.1, 0.15) is 5.60 Å². The topological polar surface area (TPSA) is 113 Å². The molecule has 0 amide bonds. The van der Waals surface area contributed by atoms with E-state index in [1.807, 2.05) is 0 Å². The molecule has 0 aromatic heterocycles. The lowest BCUT2D eigenvalue weighted by Gasteiger charge is -2.51. The molecule has 2 aliphatic rings. The van der Waals surface area contributed by atoms with Gasteiger partial charge in [0.15, 0.2) is 0 Å². The van der Waals surface area contributed by atoms with E-state index in [4.69, 9.17) is 4.74 Å². The number of benzene rings is 1. The molecule has 0 radical (unpaired) electrons. The first kappa shape index (κ1) is 15.4. The van der Waals surface area contributed by atoms with Crippen LogP contribution in [-0.2, 0) is 4.74 Å². The van der Waals surface area contributed by atoms with Crippen molar-refractivity contribution in [2.45, 2.75) is 44.1 Å². The second-order valence-electron chi connectivity index (χ2n) is 6.19. The Balaban J connectivity index is 1.87. The van der Waals surface area contributed by atoms with Crippen molar-refractivity contribution in [2.75, 3.05) is 0 Å². The Labute approximate surface area is 131 Å². The number of carbonyl (C=O) groups is 1. The van der Waals surface area contributed by atoms with Gasteiger partial charge in [0.2, 0.25) is 0 Å². The number of hydrogen-bond donors (Lipinski definition) is 0. The van der Waals surface area contributed by atoms with Crippen LogP contribution in [0.25, 0.3) is 0 Å². The first-order chi connectivity index (χ1) is 10.9. The van der Waals surface area contributed by atoms with Crippen LogP contribution in [-0.4, -0.2) is 21.4 Å². The Bertz CT molecular complexity index is 656. The number of nitro benzene ring substituents is 2. The zero-order valence-electron chi connectivity index (χ0n) is 12.4. The molecular formula is C15H16N2O6. The van der Waals surface area contributed by atoms with Crippen LogP contribution in [0.3, 0.4) is 0 Å². The second-order valence-corrected chi connectivity index (χ2v) is 6.19. The zero-order chi connectivity index (χ0) is 16.6. The van der Waals surface area contributed by atoms with Gasteiger partial charge in [-0.2, -0.15) is 0 Å². The highest BCUT2D eigenvalue weighted by Gasteiger charge is 2.51. The standard InChI is InChI=1S/C15H16N2O6/c18-14(23-15-5-2-1-3-11(15)4-6-15)10-7-12(16(19)20)9-13(8-10)17(21)22/h7-9,11H,1-6H2. The SMILES string of the molecule is O=C(OC12CCCCC1CC2)c1cc([N+](=O)[O-])cc([N+](=O)[O-])c1. The van der Waals surface area contributed by atoms with Gasteiger partial charge < -0.3 is 4.74 Å². The summed E-state index contributed by atoms with van der Waals surface area (Å²) in [6.07, 6.45) is 5.72. The minimum absolute atomic E-state index is 0.142. The lowest BCUT2D eigenvalue weighted by molar-refractivity contribution is -0.394. The molecule has 1 aromatic carbocycles. The largest absolute Gasteiger partial charge is 0.455 e. The predicted molar refractivity (Wildman–Crippen MR) is 79.1 cm³/mol. The molecule has 1 aromatic rings. The van der Waals surface area contributed by atoms with Crippen molar-refractivity contribution in [1.82, 2.24) is 0 Å². The first-order valence-electron chi connectivity index (χ1n) is 7.58. The third kappa shape index (κ3) is 2.76. The molecule has 2 atom stereocenters. The second kappa shape index (κ2) is 5.60. The minimum atomic E-state index is -0.755. The maximum Gasteiger partial charge on any atom is 0.339 e. The van der Waals surface area contributed by atoms with E-state index in [9.17, 15) is 25.0 Å². The van der Waals surface area contributed by atoms with Crippen LogP contribution in [0.5, 0.6) is 0 Å². The predicted octanol–water partition coefficient (Wildman–Crippen LogP) is 3.38. The summed E-state index contributed by atoms with van der Waals surface area (Å²) in [5.74, 6) is -0.378. The minimum Gasteiger partial charge on any atom is -0.455 e. The summed E-state index contributed by atoms with van der Waals surface area (Å²) in [6.45, 7) is 0. The Kier molecular flexibility index (Phi) is 3.75. The number of esters is 1. The third-order valence-electron chi connectivity index (χ3n) is 4.92. The number of non-ortho nitro benzene ring substituents is 2. The van der Waals surface area contributed by atoms with E-state index in [0.717, 1.165) is 56.7 Å². The van der Waals surface area contributed by atoms with E-state index in [1.54, 1.807) is 0 Å². The molecule has 0 spiro atoms. The monoisotopic (exact) mass is 320 g/mol. The van der Waals surface area contributed by atoms with E-state index < -0.39 is 32.8 Å². The molecule has 8 heteroatoms. The zero-order valence-corrected chi connectivity index (χ0v) is 12.4. The van der Waals surface area contributed by atoms with Crippen molar-refractivity contribution >= 4 is 17.3 Å². The highest BCUT2D eigenvalue weighted by molar-refractivity contribution is 5.91. The van der Waals surface area contributed by atoms with Crippen molar-refractivity contribution in [3.63, 3.8) is 0 Å². The first-order valence-corrected chi connectivity index (χ1v) is 7.58. The van der Waals surface area contributed by atoms with E-state index in [1.165, 1.54) is 0 Å². The van der Waals surface area contributed by atoms with Crippen LogP contribution in [0, 0.1) is 26.1 Å². The molecule has 122 valence electrons. The lowest BCUT2D eigenvalue weighted by atomic mass is 9.61. The third-order valence-corrected chi connectivity index (χ3v) is 4.92. The van der Waals surface area contributed by atoms with Crippen molar-refractivity contribution in [1.29, 1.82) is 0 Å². The van der Waals surface area contributed by atoms with Crippen molar-refractivity contribution in [3.05, 3.63) is 44.0 Å². The fourth-order valence-corrected chi connectivity index (χ4v) is 3.57. The van der Waals surface area contributed by atoms with Gasteiger partial charge in [0.05, 0.1) is 21.5 Å². The van der Waals surface area contributed by atoms with Gasteiger partial charge in [-0.15, -0.1) is 0 Å². The average Bonchev–Trinajstić information content (AvgIpc) is 2.50. The number of hydrogen-bond acceptors (Lipinski definition) is 6. The number of fused-ring (bicyclic) bond motifs is 1. The molecule has 0 aliphatic heterocycles. The number of nitro groups is 2. The Morgan fingerprint density at radius 1 is 1.04 bits per heavy atom. The van der Waals surface area contributed by atoms with Gasteiger partial charge >= 0.3 is 5.97 Å². The summed E-state index contributed by atoms with van der Waals surface area (Å²) in [5, 5.41) is 21.8. The van der Waals surface area contributed by atoms with Crippen LogP contribution < -0.4 is 0 Å². The van der Waals surface area contributed by atoms with Crippen LogP contribution in [0.15, 0.2) is 18.2 Å². The van der Waals surface area contributed by atoms with Crippen LogP contribution in [0.4, 0.5) is 11.4 Å². The summed E-state index contributed by atoms with van der Waals surface area (Å²) in [6, 6.07) is 2.90. The molecule has 2 aliphatic carbocycles. The lowest BCUT2D eigenvalue weighted by Crippen LogP contribution is -2.52. The normalized spacial score (nSPS) is 25.8. The van der Waals surface area contributed by atoms with E-state index in [0.29, 0.717) is 5.92 Å². The quantitative estimate of drug-likeness (QED) is 0.477. The number of carbonyl (C=O) groups excluding carboxylic acids is 1. The smallest absolute Gasteiger partial charge is 0.339 e. The Morgan fingerprint density at radius 3 is 2.17 bits per heavy atom. The van der Waals surface area contributed by atoms with Crippen LogP contribution in [0.1, 0.15) is 48.9 Å². The number of ether oxygens (including phenoxy) is 1. The number of nitrogens with zero attached hydrogens (tertiary/aromatic N) is 2. The molecular weight excluding hydrogens is 304 g/mol. The maximum atomic E-state index is 12.4. The summed E-state index contributed by atoms with van der Waals surface area (Å²) < 4.78 is 5.65. The highest BCUT2D eigenvalue weighted by Crippen LogP contribution is 2.51. The molecule has 0 N–H and O–H groups in total. The molecule has 2 saturated carbocycles. The van der Waals surface area contributed by atoms with Crippen molar-refractivity contribution in [3.8, 4) is 0 Å². The van der Waals surface area contributed by atoms with E-state index >= 15 is 0 Å². The van der Waals surface area contributed by atoms with Gasteiger partial charge in [-0.25, -0.2) is 4.79 Å².